The van der Waals surface area contributed by atoms with Crippen molar-refractivity contribution in [3.05, 3.63) is 29.8 Å². The van der Waals surface area contributed by atoms with E-state index < -0.39 is 10.0 Å². The molecule has 27 heavy (non-hydrogen) atoms. The Labute approximate surface area is 163 Å². The van der Waals surface area contributed by atoms with Gasteiger partial charge in [0.1, 0.15) is 0 Å². The molecule has 0 radical (unpaired) electrons. The molecule has 1 saturated heterocycles. The Balaban J connectivity index is 1.61. The summed E-state index contributed by atoms with van der Waals surface area (Å²) in [5.41, 5.74) is 0.848. The van der Waals surface area contributed by atoms with Crippen LogP contribution in [0.2, 0.25) is 0 Å². The number of benzene rings is 1. The molecule has 5 nitrogen and oxygen atoms in total. The van der Waals surface area contributed by atoms with Crippen molar-refractivity contribution in [2.45, 2.75) is 69.7 Å². The average molecular weight is 393 g/mol. The zero-order chi connectivity index (χ0) is 19.4. The van der Waals surface area contributed by atoms with E-state index in [4.69, 9.17) is 0 Å². The maximum atomic E-state index is 12.7. The Hall–Kier alpha value is -1.40. The van der Waals surface area contributed by atoms with Gasteiger partial charge in [-0.15, -0.1) is 0 Å². The van der Waals surface area contributed by atoms with Crippen molar-refractivity contribution in [1.82, 2.24) is 9.62 Å². The number of amides is 1. The standard InChI is InChI=1S/C21H32N2O3S/c1-16-7-6-8-17(2)21(16)22-20(24)15-18-9-11-19(12-10-18)27(25,26)23-13-4-3-5-14-23/h9-12,16-17,21H,3-8,13-15H2,1-2H3,(H,22,24). The zero-order valence-electron chi connectivity index (χ0n) is 16.5. The number of carbonyl (C=O) groups is 1. The molecule has 2 aliphatic rings. The highest BCUT2D eigenvalue weighted by Gasteiger charge is 2.29. The zero-order valence-corrected chi connectivity index (χ0v) is 17.3. The molecule has 1 saturated carbocycles. The molecule has 1 aromatic carbocycles. The van der Waals surface area contributed by atoms with Crippen LogP contribution in [0, 0.1) is 11.8 Å². The van der Waals surface area contributed by atoms with Crippen LogP contribution in [0.5, 0.6) is 0 Å². The molecule has 0 spiro atoms. The minimum absolute atomic E-state index is 0.0206. The average Bonchev–Trinajstić information content (AvgIpc) is 2.66. The molecule has 1 heterocycles. The maximum Gasteiger partial charge on any atom is 0.243 e. The van der Waals surface area contributed by atoms with Crippen molar-refractivity contribution in [2.24, 2.45) is 11.8 Å². The van der Waals surface area contributed by atoms with Gasteiger partial charge < -0.3 is 5.32 Å². The molecule has 150 valence electrons. The molecule has 1 amide bonds. The summed E-state index contributed by atoms with van der Waals surface area (Å²) in [5, 5.41) is 3.20. The van der Waals surface area contributed by atoms with Crippen molar-refractivity contribution < 1.29 is 13.2 Å². The van der Waals surface area contributed by atoms with Crippen molar-refractivity contribution in [3.63, 3.8) is 0 Å². The molecule has 1 N–H and O–H groups in total. The predicted molar refractivity (Wildman–Crippen MR) is 107 cm³/mol. The second kappa shape index (κ2) is 8.74. The molecule has 0 aromatic heterocycles. The third-order valence-electron chi connectivity index (χ3n) is 6.11. The van der Waals surface area contributed by atoms with E-state index >= 15 is 0 Å². The first-order valence-electron chi connectivity index (χ1n) is 10.3. The topological polar surface area (TPSA) is 66.5 Å². The van der Waals surface area contributed by atoms with Gasteiger partial charge in [-0.25, -0.2) is 8.42 Å². The first-order chi connectivity index (χ1) is 12.9. The van der Waals surface area contributed by atoms with E-state index in [1.54, 1.807) is 28.6 Å². The molecule has 3 rings (SSSR count). The lowest BCUT2D eigenvalue weighted by Crippen LogP contribution is -2.46. The SMILES string of the molecule is CC1CCCC(C)C1NC(=O)Cc1ccc(S(=O)(=O)N2CCCCC2)cc1. The number of nitrogens with zero attached hydrogens (tertiary/aromatic N) is 1. The lowest BCUT2D eigenvalue weighted by atomic mass is 9.78. The molecular weight excluding hydrogens is 360 g/mol. The largest absolute Gasteiger partial charge is 0.353 e. The highest BCUT2D eigenvalue weighted by Crippen LogP contribution is 2.29. The highest BCUT2D eigenvalue weighted by molar-refractivity contribution is 7.89. The van der Waals surface area contributed by atoms with E-state index in [0.717, 1.165) is 24.8 Å². The van der Waals surface area contributed by atoms with Gasteiger partial charge in [-0.2, -0.15) is 4.31 Å². The van der Waals surface area contributed by atoms with Gasteiger partial charge in [-0.1, -0.05) is 38.8 Å². The fraction of sp³-hybridized carbons (Fsp3) is 0.667. The van der Waals surface area contributed by atoms with E-state index in [0.29, 0.717) is 36.2 Å². The van der Waals surface area contributed by atoms with Crippen LogP contribution >= 0.6 is 0 Å². The lowest BCUT2D eigenvalue weighted by molar-refractivity contribution is -0.122. The van der Waals surface area contributed by atoms with Crippen LogP contribution in [0.1, 0.15) is 57.9 Å². The smallest absolute Gasteiger partial charge is 0.243 e. The van der Waals surface area contributed by atoms with Gasteiger partial charge in [-0.05, 0) is 55.2 Å². The summed E-state index contributed by atoms with van der Waals surface area (Å²) in [5.74, 6) is 1.04. The quantitative estimate of drug-likeness (QED) is 0.836. The van der Waals surface area contributed by atoms with Crippen molar-refractivity contribution >= 4 is 15.9 Å². The second-order valence-electron chi connectivity index (χ2n) is 8.26. The Morgan fingerprint density at radius 2 is 1.59 bits per heavy atom. The summed E-state index contributed by atoms with van der Waals surface area (Å²) >= 11 is 0. The number of nitrogens with one attached hydrogen (secondary N) is 1. The number of sulfonamides is 1. The number of hydrogen-bond donors (Lipinski definition) is 1. The highest BCUT2D eigenvalue weighted by atomic mass is 32.2. The summed E-state index contributed by atoms with van der Waals surface area (Å²) in [6.45, 7) is 5.62. The number of carbonyl (C=O) groups excluding carboxylic acids is 1. The fourth-order valence-electron chi connectivity index (χ4n) is 4.42. The minimum atomic E-state index is -3.41. The van der Waals surface area contributed by atoms with Gasteiger partial charge in [0.05, 0.1) is 11.3 Å². The van der Waals surface area contributed by atoms with Crippen molar-refractivity contribution in [1.29, 1.82) is 0 Å². The van der Waals surface area contributed by atoms with Crippen molar-refractivity contribution in [3.8, 4) is 0 Å². The molecule has 2 atom stereocenters. The van der Waals surface area contributed by atoms with E-state index in [1.165, 1.54) is 19.3 Å². The van der Waals surface area contributed by atoms with E-state index in [2.05, 4.69) is 19.2 Å². The lowest BCUT2D eigenvalue weighted by Gasteiger charge is -2.35. The molecule has 2 fully saturated rings. The first kappa shape index (κ1) is 20.3. The van der Waals surface area contributed by atoms with E-state index in [9.17, 15) is 13.2 Å². The number of hydrogen-bond acceptors (Lipinski definition) is 3. The minimum Gasteiger partial charge on any atom is -0.353 e. The third-order valence-corrected chi connectivity index (χ3v) is 8.03. The molecular formula is C21H32N2O3S. The number of rotatable bonds is 5. The molecule has 1 aliphatic heterocycles. The van der Waals surface area contributed by atoms with E-state index in [1.807, 2.05) is 0 Å². The summed E-state index contributed by atoms with van der Waals surface area (Å²) in [6.07, 6.45) is 6.81. The summed E-state index contributed by atoms with van der Waals surface area (Å²) in [7, 11) is -3.41. The van der Waals surface area contributed by atoms with Crippen LogP contribution in [0.15, 0.2) is 29.2 Å². The van der Waals surface area contributed by atoms with E-state index in [-0.39, 0.29) is 11.9 Å². The molecule has 2 unspecified atom stereocenters. The Bertz CT molecular complexity index is 729. The molecule has 0 bridgehead atoms. The maximum absolute atomic E-state index is 12.7. The third kappa shape index (κ3) is 4.91. The predicted octanol–water partition coefficient (Wildman–Crippen LogP) is 3.34. The Morgan fingerprint density at radius 1 is 1.00 bits per heavy atom. The fourth-order valence-corrected chi connectivity index (χ4v) is 5.94. The van der Waals surface area contributed by atoms with Gasteiger partial charge in [0.25, 0.3) is 0 Å². The van der Waals surface area contributed by atoms with Gasteiger partial charge >= 0.3 is 0 Å². The van der Waals surface area contributed by atoms with Crippen LogP contribution < -0.4 is 5.32 Å². The monoisotopic (exact) mass is 392 g/mol. The van der Waals surface area contributed by atoms with Gasteiger partial charge in [0, 0.05) is 19.1 Å². The van der Waals surface area contributed by atoms with Gasteiger partial charge in [0.15, 0.2) is 0 Å². The molecule has 1 aromatic rings. The second-order valence-corrected chi connectivity index (χ2v) is 10.2. The van der Waals surface area contributed by atoms with Crippen LogP contribution in [0.4, 0.5) is 0 Å². The van der Waals surface area contributed by atoms with Crippen molar-refractivity contribution in [2.75, 3.05) is 13.1 Å². The van der Waals surface area contributed by atoms with Crippen LogP contribution in [-0.4, -0.2) is 37.8 Å². The molecule has 6 heteroatoms. The number of piperidine rings is 1. The van der Waals surface area contributed by atoms with Crippen LogP contribution in [0.3, 0.4) is 0 Å². The summed E-state index contributed by atoms with van der Waals surface area (Å²) < 4.78 is 27.0. The molecule has 1 aliphatic carbocycles. The Morgan fingerprint density at radius 3 is 2.19 bits per heavy atom. The summed E-state index contributed by atoms with van der Waals surface area (Å²) in [4.78, 5) is 12.8. The first-order valence-corrected chi connectivity index (χ1v) is 11.7. The van der Waals surface area contributed by atoms with Crippen LogP contribution in [0.25, 0.3) is 0 Å². The Kier molecular flexibility index (Phi) is 6.58. The van der Waals surface area contributed by atoms with Gasteiger partial charge in [-0.3, -0.25) is 4.79 Å². The van der Waals surface area contributed by atoms with Gasteiger partial charge in [0.2, 0.25) is 15.9 Å². The van der Waals surface area contributed by atoms with Crippen LogP contribution in [-0.2, 0) is 21.2 Å². The normalized spacial score (nSPS) is 27.3. The summed E-state index contributed by atoms with van der Waals surface area (Å²) in [6, 6.07) is 7.05.